The van der Waals surface area contributed by atoms with E-state index >= 15 is 0 Å². The van der Waals surface area contributed by atoms with Crippen molar-refractivity contribution in [2.45, 2.75) is 39.2 Å². The Balaban J connectivity index is 2.68. The Hall–Kier alpha value is -1.30. The van der Waals surface area contributed by atoms with Crippen LogP contribution in [0.25, 0.3) is 0 Å². The third kappa shape index (κ3) is 2.75. The minimum atomic E-state index is -0.801. The highest BCUT2D eigenvalue weighted by atomic mass is 16.5. The first kappa shape index (κ1) is 14.8. The molecule has 0 saturated carbocycles. The second-order valence-electron chi connectivity index (χ2n) is 5.55. The molecule has 1 aliphatic heterocycles. The van der Waals surface area contributed by atoms with Gasteiger partial charge in [0, 0.05) is 25.6 Å². The Labute approximate surface area is 108 Å². The maximum atomic E-state index is 12.2. The average molecular weight is 257 g/mol. The summed E-state index contributed by atoms with van der Waals surface area (Å²) in [7, 11) is 1.53. The van der Waals surface area contributed by atoms with Crippen LogP contribution in [-0.4, -0.2) is 47.7 Å². The third-order valence-electron chi connectivity index (χ3n) is 3.91. The molecular weight excluding hydrogens is 234 g/mol. The zero-order valence-corrected chi connectivity index (χ0v) is 11.6. The van der Waals surface area contributed by atoms with E-state index in [4.69, 9.17) is 15.7 Å². The normalized spacial score (nSPS) is 20.9. The van der Waals surface area contributed by atoms with Crippen LogP contribution < -0.4 is 5.73 Å². The largest absolute Gasteiger partial charge is 0.409 e. The molecule has 1 saturated heterocycles. The summed E-state index contributed by atoms with van der Waals surface area (Å²) in [5.41, 5.74) is 4.56. The van der Waals surface area contributed by atoms with Gasteiger partial charge in [0.25, 0.3) is 5.91 Å². The number of carbonyl (C=O) groups excluding carboxylic acids is 1. The molecule has 6 heteroatoms. The summed E-state index contributed by atoms with van der Waals surface area (Å²) < 4.78 is 5.19. The number of methoxy groups -OCH3 is 1. The van der Waals surface area contributed by atoms with Crippen LogP contribution in [0.2, 0.25) is 0 Å². The number of carbonyl (C=O) groups is 1. The van der Waals surface area contributed by atoms with Crippen molar-refractivity contribution < 1.29 is 14.7 Å². The molecule has 6 nitrogen and oxygen atoms in total. The predicted molar refractivity (Wildman–Crippen MR) is 68.4 cm³/mol. The lowest BCUT2D eigenvalue weighted by molar-refractivity contribution is -0.152. The van der Waals surface area contributed by atoms with Crippen LogP contribution in [0.5, 0.6) is 0 Å². The summed E-state index contributed by atoms with van der Waals surface area (Å²) >= 11 is 0. The van der Waals surface area contributed by atoms with Crippen LogP contribution in [0.4, 0.5) is 0 Å². The first-order valence-electron chi connectivity index (χ1n) is 6.09. The van der Waals surface area contributed by atoms with E-state index in [-0.39, 0.29) is 17.2 Å². The molecule has 1 rings (SSSR count). The number of nitrogens with two attached hydrogens (primary N) is 1. The number of nitrogens with zero attached hydrogens (tertiary/aromatic N) is 2. The zero-order valence-electron chi connectivity index (χ0n) is 11.6. The smallest absolute Gasteiger partial charge is 0.254 e. The van der Waals surface area contributed by atoms with Crippen LogP contribution in [0.1, 0.15) is 33.6 Å². The van der Waals surface area contributed by atoms with Gasteiger partial charge in [0.2, 0.25) is 0 Å². The number of piperidine rings is 1. The fourth-order valence-electron chi connectivity index (χ4n) is 2.05. The summed E-state index contributed by atoms with van der Waals surface area (Å²) in [6, 6.07) is 0. The summed E-state index contributed by atoms with van der Waals surface area (Å²) in [6.07, 6.45) is 1.38. The minimum Gasteiger partial charge on any atom is -0.409 e. The lowest BCUT2D eigenvalue weighted by atomic mass is 9.79. The Morgan fingerprint density at radius 3 is 2.33 bits per heavy atom. The SMILES string of the molecule is COC(C)(C)C(=O)N1CCC(C)(C(N)=NO)CC1. The van der Waals surface area contributed by atoms with Gasteiger partial charge in [-0.3, -0.25) is 4.79 Å². The molecular formula is C12H23N3O3. The van der Waals surface area contributed by atoms with E-state index in [2.05, 4.69) is 5.16 Å². The van der Waals surface area contributed by atoms with Gasteiger partial charge >= 0.3 is 0 Å². The molecule has 3 N–H and O–H groups in total. The van der Waals surface area contributed by atoms with E-state index < -0.39 is 5.60 Å². The van der Waals surface area contributed by atoms with Gasteiger partial charge in [-0.2, -0.15) is 0 Å². The minimum absolute atomic E-state index is 0.0217. The fraction of sp³-hybridized carbons (Fsp3) is 0.833. The number of ether oxygens (including phenoxy) is 1. The van der Waals surface area contributed by atoms with E-state index in [1.165, 1.54) is 7.11 Å². The molecule has 0 unspecified atom stereocenters. The quantitative estimate of drug-likeness (QED) is 0.338. The Morgan fingerprint density at radius 2 is 1.94 bits per heavy atom. The average Bonchev–Trinajstić information content (AvgIpc) is 2.37. The maximum Gasteiger partial charge on any atom is 0.254 e. The highest BCUT2D eigenvalue weighted by Gasteiger charge is 2.39. The van der Waals surface area contributed by atoms with Crippen LogP contribution in [0.3, 0.4) is 0 Å². The number of hydrogen-bond donors (Lipinski definition) is 2. The number of rotatable bonds is 3. The lowest BCUT2D eigenvalue weighted by Crippen LogP contribution is -2.52. The predicted octanol–water partition coefficient (Wildman–Crippen LogP) is 0.786. The third-order valence-corrected chi connectivity index (χ3v) is 3.91. The van der Waals surface area contributed by atoms with Gasteiger partial charge in [-0.1, -0.05) is 12.1 Å². The Morgan fingerprint density at radius 1 is 1.44 bits per heavy atom. The molecule has 0 aliphatic carbocycles. The second-order valence-corrected chi connectivity index (χ2v) is 5.55. The monoisotopic (exact) mass is 257 g/mol. The van der Waals surface area contributed by atoms with Crippen molar-refractivity contribution in [3.8, 4) is 0 Å². The summed E-state index contributed by atoms with van der Waals surface area (Å²) in [5.74, 6) is 0.215. The van der Waals surface area contributed by atoms with Gasteiger partial charge in [-0.15, -0.1) is 0 Å². The van der Waals surface area contributed by atoms with Gasteiger partial charge in [-0.05, 0) is 26.7 Å². The summed E-state index contributed by atoms with van der Waals surface area (Å²) in [5, 5.41) is 11.8. The van der Waals surface area contributed by atoms with Crippen molar-refractivity contribution in [2.75, 3.05) is 20.2 Å². The van der Waals surface area contributed by atoms with Crippen LogP contribution in [0, 0.1) is 5.41 Å². The van der Waals surface area contributed by atoms with Crippen molar-refractivity contribution in [1.82, 2.24) is 4.90 Å². The Bertz CT molecular complexity index is 344. The van der Waals surface area contributed by atoms with Gasteiger partial charge in [-0.25, -0.2) is 0 Å². The number of likely N-dealkylation sites (tertiary alicyclic amines) is 1. The molecule has 0 spiro atoms. The van der Waals surface area contributed by atoms with E-state index in [1.54, 1.807) is 18.7 Å². The zero-order chi connectivity index (χ0) is 14.0. The van der Waals surface area contributed by atoms with E-state index in [0.717, 1.165) is 0 Å². The van der Waals surface area contributed by atoms with E-state index in [9.17, 15) is 4.79 Å². The van der Waals surface area contributed by atoms with Crippen LogP contribution in [0.15, 0.2) is 5.16 Å². The topological polar surface area (TPSA) is 88.2 Å². The molecule has 1 amide bonds. The number of oxime groups is 1. The maximum absolute atomic E-state index is 12.2. The number of amidine groups is 1. The van der Waals surface area contributed by atoms with Gasteiger partial charge in [0.05, 0.1) is 0 Å². The van der Waals surface area contributed by atoms with Crippen molar-refractivity contribution in [3.63, 3.8) is 0 Å². The standard InChI is InChI=1S/C12H23N3O3/c1-11(2,18-4)10(16)15-7-5-12(3,6-8-15)9(13)14-17/h17H,5-8H2,1-4H3,(H2,13,14). The summed E-state index contributed by atoms with van der Waals surface area (Å²) in [6.45, 7) is 6.65. The molecule has 104 valence electrons. The van der Waals surface area contributed by atoms with Gasteiger partial charge < -0.3 is 20.6 Å². The molecule has 1 aliphatic rings. The molecule has 0 aromatic carbocycles. The molecule has 1 fully saturated rings. The molecule has 0 radical (unpaired) electrons. The number of hydrogen-bond acceptors (Lipinski definition) is 4. The fourth-order valence-corrected chi connectivity index (χ4v) is 2.05. The van der Waals surface area contributed by atoms with Crippen molar-refractivity contribution in [2.24, 2.45) is 16.3 Å². The van der Waals surface area contributed by atoms with Gasteiger partial charge in [0.15, 0.2) is 0 Å². The summed E-state index contributed by atoms with van der Waals surface area (Å²) in [4.78, 5) is 14.0. The highest BCUT2D eigenvalue weighted by molar-refractivity contribution is 5.87. The second kappa shape index (κ2) is 5.14. The molecule has 1 heterocycles. The first-order chi connectivity index (χ1) is 8.27. The number of amides is 1. The molecule has 0 aromatic heterocycles. The molecule has 0 aromatic rings. The highest BCUT2D eigenvalue weighted by Crippen LogP contribution is 2.32. The lowest BCUT2D eigenvalue weighted by Gasteiger charge is -2.40. The van der Waals surface area contributed by atoms with Crippen molar-refractivity contribution >= 4 is 11.7 Å². The van der Waals surface area contributed by atoms with Crippen LogP contribution in [-0.2, 0) is 9.53 Å². The van der Waals surface area contributed by atoms with Crippen LogP contribution >= 0.6 is 0 Å². The first-order valence-corrected chi connectivity index (χ1v) is 6.09. The van der Waals surface area contributed by atoms with E-state index in [0.29, 0.717) is 25.9 Å². The molecule has 0 bridgehead atoms. The van der Waals surface area contributed by atoms with Crippen molar-refractivity contribution in [3.05, 3.63) is 0 Å². The van der Waals surface area contributed by atoms with E-state index in [1.807, 2.05) is 6.92 Å². The van der Waals surface area contributed by atoms with Crippen molar-refractivity contribution in [1.29, 1.82) is 0 Å². The van der Waals surface area contributed by atoms with Gasteiger partial charge in [0.1, 0.15) is 11.4 Å². The molecule has 18 heavy (non-hydrogen) atoms. The Kier molecular flexibility index (Phi) is 4.21. The molecule has 0 atom stereocenters.